The van der Waals surface area contributed by atoms with Crippen molar-refractivity contribution in [2.24, 2.45) is 17.8 Å². The molecule has 0 fully saturated rings. The summed E-state index contributed by atoms with van der Waals surface area (Å²) in [6.07, 6.45) is 14.3. The number of benzene rings is 1. The quantitative estimate of drug-likeness (QED) is 0.252. The van der Waals surface area contributed by atoms with Crippen LogP contribution in [-0.4, -0.2) is 20.9 Å². The van der Waals surface area contributed by atoms with Crippen molar-refractivity contribution in [1.82, 2.24) is 0 Å². The molecule has 32 heavy (non-hydrogen) atoms. The molecule has 1 aromatic carbocycles. The Morgan fingerprint density at radius 1 is 0.719 bits per heavy atom. The summed E-state index contributed by atoms with van der Waals surface area (Å²) in [5.41, 5.74) is 1.67. The average molecular weight is 447 g/mol. The summed E-state index contributed by atoms with van der Waals surface area (Å²) in [5.74, 6) is 2.72. The van der Waals surface area contributed by atoms with Crippen molar-refractivity contribution in [3.05, 3.63) is 28.3 Å². The lowest BCUT2D eigenvalue weighted by molar-refractivity contribution is 0.0979. The number of rotatable bonds is 14. The van der Waals surface area contributed by atoms with Crippen LogP contribution in [0.4, 0.5) is 0 Å². The van der Waals surface area contributed by atoms with Gasteiger partial charge in [0.1, 0.15) is 11.5 Å². The Balaban J connectivity index is 2.44. The highest BCUT2D eigenvalue weighted by molar-refractivity contribution is 5.69. The monoisotopic (exact) mass is 446 g/mol. The minimum atomic E-state index is -0.933. The number of phenols is 2. The maximum atomic E-state index is 10.8. The standard InChI is InChI=1S/C29H50O3/c1-20(2)12-9-13-21(3)14-10-15-22(4)16-11-18-29(8,32)19-17-26-25(7)27(30)23(5)24(6)28(26)31/h17,19-22,30-32H,9-16,18H2,1-8H3/t21-,22+,29+/m0/s1. The molecule has 0 unspecified atom stereocenters. The molecule has 3 atom stereocenters. The molecule has 0 aliphatic carbocycles. The lowest BCUT2D eigenvalue weighted by Gasteiger charge is -2.21. The summed E-state index contributed by atoms with van der Waals surface area (Å²) < 4.78 is 0. The van der Waals surface area contributed by atoms with Crippen LogP contribution in [0.2, 0.25) is 0 Å². The van der Waals surface area contributed by atoms with Gasteiger partial charge in [-0.1, -0.05) is 91.2 Å². The number of hydrogen-bond donors (Lipinski definition) is 3. The SMILES string of the molecule is Cc1c(C)c(O)c(C=C[C@](C)(O)CCC[C@H](C)CCC[C@@H](C)CCCC(C)C)c(C)c1O. The molecule has 0 aliphatic heterocycles. The maximum Gasteiger partial charge on any atom is 0.126 e. The summed E-state index contributed by atoms with van der Waals surface area (Å²) in [4.78, 5) is 0. The lowest BCUT2D eigenvalue weighted by atomic mass is 9.89. The van der Waals surface area contributed by atoms with Gasteiger partial charge in [-0.25, -0.2) is 0 Å². The van der Waals surface area contributed by atoms with E-state index < -0.39 is 5.60 Å². The molecule has 0 spiro atoms. The first-order chi connectivity index (χ1) is 14.9. The molecule has 0 bridgehead atoms. The van der Waals surface area contributed by atoms with Crippen molar-refractivity contribution in [3.63, 3.8) is 0 Å². The predicted octanol–water partition coefficient (Wildman–Crippen LogP) is 8.23. The minimum Gasteiger partial charge on any atom is -0.507 e. The van der Waals surface area contributed by atoms with Crippen LogP contribution in [-0.2, 0) is 0 Å². The van der Waals surface area contributed by atoms with Gasteiger partial charge in [0, 0.05) is 11.1 Å². The fourth-order valence-corrected chi connectivity index (χ4v) is 4.48. The zero-order valence-electron chi connectivity index (χ0n) is 22.1. The Kier molecular flexibility index (Phi) is 11.9. The van der Waals surface area contributed by atoms with Gasteiger partial charge in [-0.2, -0.15) is 0 Å². The first-order valence-electron chi connectivity index (χ1n) is 12.8. The van der Waals surface area contributed by atoms with Crippen molar-refractivity contribution in [2.75, 3.05) is 0 Å². The minimum absolute atomic E-state index is 0.178. The van der Waals surface area contributed by atoms with Gasteiger partial charge in [-0.05, 0) is 63.0 Å². The molecular weight excluding hydrogens is 396 g/mol. The molecule has 0 amide bonds. The fraction of sp³-hybridized carbons (Fsp3) is 0.724. The molecule has 1 rings (SSSR count). The van der Waals surface area contributed by atoms with Crippen molar-refractivity contribution in [2.45, 2.75) is 119 Å². The lowest BCUT2D eigenvalue weighted by Crippen LogP contribution is -2.20. The van der Waals surface area contributed by atoms with E-state index in [1.807, 2.05) is 6.92 Å². The third kappa shape index (κ3) is 9.57. The maximum absolute atomic E-state index is 10.8. The van der Waals surface area contributed by atoms with Crippen LogP contribution >= 0.6 is 0 Å². The smallest absolute Gasteiger partial charge is 0.126 e. The van der Waals surface area contributed by atoms with E-state index in [1.165, 1.54) is 38.5 Å². The second kappa shape index (κ2) is 13.3. The third-order valence-electron chi connectivity index (χ3n) is 7.15. The average Bonchev–Trinajstić information content (AvgIpc) is 2.70. The number of phenolic OH excluding ortho intramolecular Hbond substituents is 2. The highest BCUT2D eigenvalue weighted by atomic mass is 16.3. The van der Waals surface area contributed by atoms with E-state index in [4.69, 9.17) is 0 Å². The first kappa shape index (κ1) is 28.6. The molecular formula is C29H50O3. The normalized spacial score (nSPS) is 15.9. The molecule has 0 aliphatic rings. The summed E-state index contributed by atoms with van der Waals surface area (Å²) in [6.45, 7) is 16.5. The molecule has 0 heterocycles. The van der Waals surface area contributed by atoms with Gasteiger partial charge in [0.15, 0.2) is 0 Å². The van der Waals surface area contributed by atoms with Crippen molar-refractivity contribution < 1.29 is 15.3 Å². The number of hydrogen-bond acceptors (Lipinski definition) is 3. The van der Waals surface area contributed by atoms with E-state index in [1.54, 1.807) is 32.9 Å². The van der Waals surface area contributed by atoms with E-state index in [0.717, 1.165) is 24.7 Å². The molecule has 0 aromatic heterocycles. The zero-order valence-corrected chi connectivity index (χ0v) is 22.1. The van der Waals surface area contributed by atoms with E-state index in [9.17, 15) is 15.3 Å². The van der Waals surface area contributed by atoms with Crippen molar-refractivity contribution >= 4 is 6.08 Å². The summed E-state index contributed by atoms with van der Waals surface area (Å²) in [6, 6.07) is 0. The van der Waals surface area contributed by atoms with E-state index in [0.29, 0.717) is 34.6 Å². The van der Waals surface area contributed by atoms with Gasteiger partial charge in [-0.3, -0.25) is 0 Å². The van der Waals surface area contributed by atoms with Gasteiger partial charge >= 0.3 is 0 Å². The van der Waals surface area contributed by atoms with Gasteiger partial charge in [0.05, 0.1) is 5.60 Å². The Hall–Kier alpha value is -1.48. The summed E-state index contributed by atoms with van der Waals surface area (Å²) in [5, 5.41) is 31.6. The van der Waals surface area contributed by atoms with Gasteiger partial charge in [0.25, 0.3) is 0 Å². The summed E-state index contributed by atoms with van der Waals surface area (Å²) >= 11 is 0. The molecule has 3 nitrogen and oxygen atoms in total. The molecule has 3 heteroatoms. The molecule has 184 valence electrons. The number of aliphatic hydroxyl groups is 1. The van der Waals surface area contributed by atoms with Crippen LogP contribution in [0.1, 0.15) is 115 Å². The Morgan fingerprint density at radius 3 is 1.72 bits per heavy atom. The van der Waals surface area contributed by atoms with Gasteiger partial charge < -0.3 is 15.3 Å². The topological polar surface area (TPSA) is 60.7 Å². The fourth-order valence-electron chi connectivity index (χ4n) is 4.48. The van der Waals surface area contributed by atoms with E-state index in [2.05, 4.69) is 27.7 Å². The van der Waals surface area contributed by atoms with Crippen molar-refractivity contribution in [1.29, 1.82) is 0 Å². The van der Waals surface area contributed by atoms with Crippen LogP contribution in [0.5, 0.6) is 11.5 Å². The summed E-state index contributed by atoms with van der Waals surface area (Å²) in [7, 11) is 0. The van der Waals surface area contributed by atoms with E-state index in [-0.39, 0.29) is 11.5 Å². The second-order valence-corrected chi connectivity index (χ2v) is 11.0. The Labute approximate surface area is 198 Å². The first-order valence-corrected chi connectivity index (χ1v) is 12.8. The van der Waals surface area contributed by atoms with Crippen LogP contribution in [0, 0.1) is 38.5 Å². The van der Waals surface area contributed by atoms with Gasteiger partial charge in [-0.15, -0.1) is 0 Å². The van der Waals surface area contributed by atoms with E-state index >= 15 is 0 Å². The Morgan fingerprint density at radius 2 is 1.19 bits per heavy atom. The van der Waals surface area contributed by atoms with Crippen molar-refractivity contribution in [3.8, 4) is 11.5 Å². The van der Waals surface area contributed by atoms with Crippen LogP contribution in [0.25, 0.3) is 6.08 Å². The second-order valence-electron chi connectivity index (χ2n) is 11.0. The molecule has 0 saturated carbocycles. The van der Waals surface area contributed by atoms with Crippen LogP contribution in [0.15, 0.2) is 6.08 Å². The third-order valence-corrected chi connectivity index (χ3v) is 7.15. The zero-order chi connectivity index (χ0) is 24.5. The molecule has 0 saturated heterocycles. The molecule has 0 radical (unpaired) electrons. The van der Waals surface area contributed by atoms with Crippen LogP contribution < -0.4 is 0 Å². The largest absolute Gasteiger partial charge is 0.507 e. The highest BCUT2D eigenvalue weighted by Crippen LogP contribution is 2.37. The Bertz CT molecular complexity index is 701. The number of aromatic hydroxyl groups is 2. The predicted molar refractivity (Wildman–Crippen MR) is 138 cm³/mol. The highest BCUT2D eigenvalue weighted by Gasteiger charge is 2.19. The van der Waals surface area contributed by atoms with Crippen LogP contribution in [0.3, 0.4) is 0 Å². The molecule has 1 aromatic rings. The molecule has 3 N–H and O–H groups in total. The van der Waals surface area contributed by atoms with Gasteiger partial charge in [0.2, 0.25) is 0 Å².